The Balaban J connectivity index is 1.83. The Hall–Kier alpha value is -2.85. The van der Waals surface area contributed by atoms with Crippen LogP contribution in [0.1, 0.15) is 25.3 Å². The number of nitrogens with zero attached hydrogens (tertiary/aromatic N) is 1. The molecule has 0 radical (unpaired) electrons. The molecule has 160 valence electrons. The summed E-state index contributed by atoms with van der Waals surface area (Å²) < 4.78 is 8.20. The van der Waals surface area contributed by atoms with Crippen molar-refractivity contribution in [2.24, 2.45) is 0 Å². The molecule has 32 heavy (non-hydrogen) atoms. The van der Waals surface area contributed by atoms with E-state index in [1.165, 1.54) is 31.9 Å². The minimum absolute atomic E-state index is 0.459. The van der Waals surface area contributed by atoms with Gasteiger partial charge in [0.05, 0.1) is 0 Å². The van der Waals surface area contributed by atoms with Crippen molar-refractivity contribution in [3.8, 4) is 22.4 Å². The van der Waals surface area contributed by atoms with Crippen LogP contribution in [0.4, 0.5) is 0 Å². The van der Waals surface area contributed by atoms with Gasteiger partial charge in [0, 0.05) is 0 Å². The van der Waals surface area contributed by atoms with Crippen molar-refractivity contribution in [2.45, 2.75) is 37.0 Å². The average Bonchev–Trinajstić information content (AvgIpc) is 3.17. The summed E-state index contributed by atoms with van der Waals surface area (Å²) in [5, 5.41) is 2.37. The van der Waals surface area contributed by atoms with Crippen LogP contribution in [0.25, 0.3) is 44.3 Å². The van der Waals surface area contributed by atoms with Crippen LogP contribution in [-0.2, 0) is 0 Å². The van der Waals surface area contributed by atoms with Gasteiger partial charge in [-0.2, -0.15) is 0 Å². The first-order valence-corrected chi connectivity index (χ1v) is 18.7. The zero-order valence-corrected chi connectivity index (χ0v) is 21.5. The molecule has 2 heterocycles. The van der Waals surface area contributed by atoms with Crippen LogP contribution in [0, 0.1) is 0 Å². The first-order chi connectivity index (χ1) is 15.3. The van der Waals surface area contributed by atoms with E-state index >= 15 is 0 Å². The van der Waals surface area contributed by atoms with E-state index in [1.54, 1.807) is 0 Å². The van der Waals surface area contributed by atoms with Gasteiger partial charge in [0.1, 0.15) is 0 Å². The predicted molar refractivity (Wildman–Crippen MR) is 139 cm³/mol. The van der Waals surface area contributed by atoms with Crippen molar-refractivity contribution >= 4 is 39.6 Å². The van der Waals surface area contributed by atoms with Crippen molar-refractivity contribution < 1.29 is 4.42 Å². The first-order valence-electron chi connectivity index (χ1n) is 11.3. The van der Waals surface area contributed by atoms with E-state index < -0.39 is 13.3 Å². The Morgan fingerprint density at radius 1 is 0.750 bits per heavy atom. The van der Waals surface area contributed by atoms with Gasteiger partial charge in [-0.15, -0.1) is 0 Å². The Bertz CT molecular complexity index is 1420. The second kappa shape index (κ2) is 7.93. The molecule has 0 unspecified atom stereocenters. The first kappa shape index (κ1) is 21.0. The summed E-state index contributed by atoms with van der Waals surface area (Å²) in [4.78, 5) is 4.70. The summed E-state index contributed by atoms with van der Waals surface area (Å²) in [6.07, 6.45) is 1.91. The number of hydrogen-bond donors (Lipinski definition) is 0. The topological polar surface area (TPSA) is 26.0 Å². The van der Waals surface area contributed by atoms with E-state index in [0.29, 0.717) is 5.92 Å². The Kier molecular flexibility index (Phi) is 5.21. The molecule has 0 amide bonds. The summed E-state index contributed by atoms with van der Waals surface area (Å²) in [6, 6.07) is 26.0. The molecule has 3 heteroatoms. The van der Waals surface area contributed by atoms with E-state index in [4.69, 9.17) is 9.40 Å². The molecule has 5 aromatic rings. The third kappa shape index (κ3) is 3.57. The Labute approximate surface area is 192 Å². The summed E-state index contributed by atoms with van der Waals surface area (Å²) >= 11 is -2.29. The number of para-hydroxylation sites is 1. The zero-order chi connectivity index (χ0) is 22.5. The van der Waals surface area contributed by atoms with Crippen LogP contribution in [0.3, 0.4) is 0 Å². The standard InChI is InChI=1S/C29H29GeNO/c1-19(2)21-16-17-31-26(18-21)25-13-9-12-23-24-15-14-22(20-10-7-6-8-11-20)27(30(3,4)5)29(24)32-28(23)25/h6-19H,1-5H3. The molecular formula is C29H29GeNO. The van der Waals surface area contributed by atoms with Gasteiger partial charge >= 0.3 is 193 Å². The van der Waals surface area contributed by atoms with E-state index in [0.717, 1.165) is 22.4 Å². The molecule has 0 aliphatic carbocycles. The van der Waals surface area contributed by atoms with Gasteiger partial charge in [0.2, 0.25) is 0 Å². The van der Waals surface area contributed by atoms with Gasteiger partial charge in [-0.1, -0.05) is 0 Å². The second-order valence-corrected chi connectivity index (χ2v) is 20.4. The van der Waals surface area contributed by atoms with E-state index in [2.05, 4.69) is 104 Å². The fourth-order valence-corrected chi connectivity index (χ4v) is 8.61. The molecular weight excluding hydrogens is 451 g/mol. The van der Waals surface area contributed by atoms with Gasteiger partial charge in [-0.3, -0.25) is 0 Å². The molecule has 0 aliphatic rings. The van der Waals surface area contributed by atoms with Crippen LogP contribution >= 0.6 is 0 Å². The summed E-state index contributed by atoms with van der Waals surface area (Å²) in [6.45, 7) is 4.43. The second-order valence-electron chi connectivity index (χ2n) is 9.89. The van der Waals surface area contributed by atoms with Crippen molar-refractivity contribution in [3.63, 3.8) is 0 Å². The molecule has 0 N–H and O–H groups in total. The maximum atomic E-state index is 6.77. The van der Waals surface area contributed by atoms with E-state index in [1.807, 2.05) is 6.20 Å². The number of fused-ring (bicyclic) bond motifs is 3. The van der Waals surface area contributed by atoms with Crippen LogP contribution in [-0.4, -0.2) is 18.3 Å². The van der Waals surface area contributed by atoms with Crippen molar-refractivity contribution in [1.82, 2.24) is 4.98 Å². The summed E-state index contributed by atoms with van der Waals surface area (Å²) in [5.74, 6) is 7.80. The van der Waals surface area contributed by atoms with Crippen LogP contribution in [0.5, 0.6) is 0 Å². The molecule has 5 rings (SSSR count). The molecule has 3 aromatic carbocycles. The van der Waals surface area contributed by atoms with Crippen LogP contribution in [0.15, 0.2) is 83.4 Å². The number of hydrogen-bond acceptors (Lipinski definition) is 2. The minimum atomic E-state index is -2.29. The molecule has 2 aromatic heterocycles. The molecule has 0 atom stereocenters. The molecule has 2 nitrogen and oxygen atoms in total. The summed E-state index contributed by atoms with van der Waals surface area (Å²) in [7, 11) is 0. The number of rotatable bonds is 4. The fraction of sp³-hybridized carbons (Fsp3) is 0.207. The van der Waals surface area contributed by atoms with Gasteiger partial charge in [-0.25, -0.2) is 0 Å². The SMILES string of the molecule is CC(C)c1ccnc(-c2cccc3c2oc2[c]([Ge]([CH3])([CH3])[CH3])c(-c4ccccc4)ccc23)c1. The van der Waals surface area contributed by atoms with Gasteiger partial charge in [-0.05, 0) is 0 Å². The normalized spacial score (nSPS) is 12.2. The quantitative estimate of drug-likeness (QED) is 0.244. The van der Waals surface area contributed by atoms with Crippen LogP contribution in [0.2, 0.25) is 17.3 Å². The van der Waals surface area contributed by atoms with Crippen molar-refractivity contribution in [3.05, 3.63) is 84.6 Å². The number of benzene rings is 3. The number of pyridine rings is 1. The van der Waals surface area contributed by atoms with Crippen molar-refractivity contribution in [2.75, 3.05) is 0 Å². The van der Waals surface area contributed by atoms with E-state index in [-0.39, 0.29) is 0 Å². The van der Waals surface area contributed by atoms with Crippen LogP contribution < -0.4 is 4.40 Å². The third-order valence-electron chi connectivity index (χ3n) is 6.23. The Morgan fingerprint density at radius 3 is 2.22 bits per heavy atom. The average molecular weight is 480 g/mol. The van der Waals surface area contributed by atoms with Gasteiger partial charge < -0.3 is 0 Å². The number of aromatic nitrogens is 1. The number of furan rings is 1. The molecule has 0 aliphatic heterocycles. The molecule has 0 bridgehead atoms. The van der Waals surface area contributed by atoms with Gasteiger partial charge in [0.25, 0.3) is 0 Å². The Morgan fingerprint density at radius 2 is 1.50 bits per heavy atom. The third-order valence-corrected chi connectivity index (χ3v) is 10.4. The van der Waals surface area contributed by atoms with Gasteiger partial charge in [0.15, 0.2) is 0 Å². The molecule has 0 saturated heterocycles. The molecule has 0 saturated carbocycles. The summed E-state index contributed by atoms with van der Waals surface area (Å²) in [5.41, 5.74) is 7.90. The van der Waals surface area contributed by atoms with Crippen molar-refractivity contribution in [1.29, 1.82) is 0 Å². The maximum absolute atomic E-state index is 6.77. The monoisotopic (exact) mass is 481 g/mol. The zero-order valence-electron chi connectivity index (χ0n) is 19.4. The van der Waals surface area contributed by atoms with E-state index in [9.17, 15) is 0 Å². The predicted octanol–water partition coefficient (Wildman–Crippen LogP) is 7.98. The molecule has 0 fully saturated rings. The fourth-order valence-electron chi connectivity index (χ4n) is 4.62. The molecule has 0 spiro atoms.